The highest BCUT2D eigenvalue weighted by Crippen LogP contribution is 2.31. The van der Waals surface area contributed by atoms with Crippen molar-refractivity contribution in [2.45, 2.75) is 13.1 Å². The molecule has 4 aromatic rings. The summed E-state index contributed by atoms with van der Waals surface area (Å²) >= 11 is 0. The molecule has 34 heavy (non-hydrogen) atoms. The van der Waals surface area contributed by atoms with Crippen molar-refractivity contribution in [3.63, 3.8) is 0 Å². The summed E-state index contributed by atoms with van der Waals surface area (Å²) in [4.78, 5) is 29.3. The van der Waals surface area contributed by atoms with Crippen LogP contribution in [0.15, 0.2) is 54.7 Å². The molecule has 2 aromatic heterocycles. The van der Waals surface area contributed by atoms with Crippen LogP contribution in [0.1, 0.15) is 32.2 Å². The maximum atomic E-state index is 13.4. The first-order valence-electron chi connectivity index (χ1n) is 10.4. The van der Waals surface area contributed by atoms with E-state index >= 15 is 0 Å². The van der Waals surface area contributed by atoms with Crippen LogP contribution < -0.4 is 10.6 Å². The monoisotopic (exact) mass is 470 g/mol. The fourth-order valence-corrected chi connectivity index (χ4v) is 3.47. The van der Waals surface area contributed by atoms with Gasteiger partial charge in [0, 0.05) is 31.9 Å². The van der Waals surface area contributed by atoms with Crippen molar-refractivity contribution in [1.29, 1.82) is 0 Å². The Hall–Kier alpha value is -4.15. The zero-order chi connectivity index (χ0) is 24.5. The molecule has 0 bridgehead atoms. The van der Waals surface area contributed by atoms with Crippen molar-refractivity contribution in [1.82, 2.24) is 30.0 Å². The lowest BCUT2D eigenvalue weighted by Gasteiger charge is -2.08. The van der Waals surface area contributed by atoms with Crippen LogP contribution in [0.3, 0.4) is 0 Å². The summed E-state index contributed by atoms with van der Waals surface area (Å²) in [5.41, 5.74) is 0.462. The molecule has 0 atom stereocenters. The molecule has 176 valence electrons. The van der Waals surface area contributed by atoms with E-state index < -0.39 is 23.3 Å². The molecule has 0 aliphatic carbocycles. The Morgan fingerprint density at radius 1 is 1.00 bits per heavy atom. The summed E-state index contributed by atoms with van der Waals surface area (Å²) in [6, 6.07) is 13.3. The summed E-state index contributed by atoms with van der Waals surface area (Å²) in [6.07, 6.45) is -3.76. The normalized spacial score (nSPS) is 11.6. The van der Waals surface area contributed by atoms with Gasteiger partial charge in [0.25, 0.3) is 11.8 Å². The fourth-order valence-electron chi connectivity index (χ4n) is 3.47. The number of benzene rings is 2. The van der Waals surface area contributed by atoms with Gasteiger partial charge in [0.1, 0.15) is 5.82 Å². The molecule has 0 aliphatic rings. The number of halogens is 3. The third-order valence-electron chi connectivity index (χ3n) is 5.31. The highest BCUT2D eigenvalue weighted by atomic mass is 19.4. The number of aryl methyl sites for hydroxylation is 2. The Balaban J connectivity index is 1.39. The van der Waals surface area contributed by atoms with Crippen molar-refractivity contribution in [3.8, 4) is 5.69 Å². The summed E-state index contributed by atoms with van der Waals surface area (Å²) < 4.78 is 43.2. The van der Waals surface area contributed by atoms with Crippen molar-refractivity contribution < 1.29 is 22.8 Å². The second-order valence-corrected chi connectivity index (χ2v) is 7.60. The number of nitrogens with one attached hydrogen (secondary N) is 2. The Morgan fingerprint density at radius 2 is 1.68 bits per heavy atom. The Kier molecular flexibility index (Phi) is 6.10. The van der Waals surface area contributed by atoms with Crippen molar-refractivity contribution in [2.75, 3.05) is 13.1 Å². The lowest BCUT2D eigenvalue weighted by molar-refractivity contribution is -0.141. The van der Waals surface area contributed by atoms with E-state index in [-0.39, 0.29) is 19.0 Å². The first-order valence-corrected chi connectivity index (χ1v) is 10.4. The molecule has 0 spiro atoms. The van der Waals surface area contributed by atoms with Gasteiger partial charge in [0.05, 0.1) is 22.3 Å². The molecular formula is C23H21F3N6O2. The van der Waals surface area contributed by atoms with E-state index in [0.717, 1.165) is 22.2 Å². The number of aromatic nitrogens is 4. The number of carbonyl (C=O) groups is 2. The van der Waals surface area contributed by atoms with E-state index in [2.05, 4.69) is 20.7 Å². The van der Waals surface area contributed by atoms with Crippen molar-refractivity contribution >= 4 is 22.8 Å². The number of hydrogen-bond donors (Lipinski definition) is 2. The zero-order valence-corrected chi connectivity index (χ0v) is 18.3. The lowest BCUT2D eigenvalue weighted by Crippen LogP contribution is -2.35. The Morgan fingerprint density at radius 3 is 2.35 bits per heavy atom. The van der Waals surface area contributed by atoms with Crippen molar-refractivity contribution in [3.05, 3.63) is 77.4 Å². The third kappa shape index (κ3) is 4.63. The minimum atomic E-state index is -4.80. The minimum Gasteiger partial charge on any atom is -0.350 e. The SMILES string of the molecule is Cc1nc2cc(C(=O)NCCNC(=O)c3cn(-c4ccccc4)nc3C(F)(F)F)ccc2n1C. The second kappa shape index (κ2) is 9.00. The fraction of sp³-hybridized carbons (Fsp3) is 0.217. The number of fused-ring (bicyclic) bond motifs is 1. The summed E-state index contributed by atoms with van der Waals surface area (Å²) in [5.74, 6) is -0.509. The molecule has 4 rings (SSSR count). The highest BCUT2D eigenvalue weighted by Gasteiger charge is 2.39. The van der Waals surface area contributed by atoms with Crippen LogP contribution in [0.4, 0.5) is 13.2 Å². The molecule has 8 nitrogen and oxygen atoms in total. The molecule has 0 fully saturated rings. The van der Waals surface area contributed by atoms with Gasteiger partial charge < -0.3 is 15.2 Å². The molecule has 0 saturated heterocycles. The van der Waals surface area contributed by atoms with Crippen LogP contribution in [0, 0.1) is 6.92 Å². The van der Waals surface area contributed by atoms with E-state index in [1.54, 1.807) is 48.5 Å². The Bertz CT molecular complexity index is 1360. The predicted molar refractivity (Wildman–Crippen MR) is 119 cm³/mol. The topological polar surface area (TPSA) is 93.8 Å². The number of rotatable bonds is 6. The van der Waals surface area contributed by atoms with E-state index in [9.17, 15) is 22.8 Å². The number of nitrogens with zero attached hydrogens (tertiary/aromatic N) is 4. The molecule has 2 heterocycles. The smallest absolute Gasteiger partial charge is 0.350 e. The van der Waals surface area contributed by atoms with Gasteiger partial charge >= 0.3 is 6.18 Å². The van der Waals surface area contributed by atoms with E-state index in [0.29, 0.717) is 16.8 Å². The van der Waals surface area contributed by atoms with Gasteiger partial charge in [-0.05, 0) is 37.3 Å². The number of alkyl halides is 3. The average molecular weight is 470 g/mol. The van der Waals surface area contributed by atoms with Crippen LogP contribution in [0.2, 0.25) is 0 Å². The summed E-state index contributed by atoms with van der Waals surface area (Å²) in [5, 5.41) is 8.59. The second-order valence-electron chi connectivity index (χ2n) is 7.60. The Labute approximate surface area is 192 Å². The number of para-hydroxylation sites is 1. The van der Waals surface area contributed by atoms with E-state index in [1.807, 2.05) is 18.5 Å². The molecule has 2 N–H and O–H groups in total. The van der Waals surface area contributed by atoms with Gasteiger partial charge in [-0.1, -0.05) is 18.2 Å². The third-order valence-corrected chi connectivity index (χ3v) is 5.31. The molecule has 0 unspecified atom stereocenters. The molecule has 0 saturated carbocycles. The van der Waals surface area contributed by atoms with Crippen LogP contribution in [0.5, 0.6) is 0 Å². The number of imidazole rings is 1. The largest absolute Gasteiger partial charge is 0.435 e. The molecule has 11 heteroatoms. The zero-order valence-electron chi connectivity index (χ0n) is 18.3. The summed E-state index contributed by atoms with van der Waals surface area (Å²) in [7, 11) is 1.88. The number of carbonyl (C=O) groups excluding carboxylic acids is 2. The van der Waals surface area contributed by atoms with Gasteiger partial charge in [0.15, 0.2) is 5.69 Å². The standard InChI is InChI=1S/C23H21F3N6O2/c1-14-29-18-12-15(8-9-19(18)31(14)2)21(33)27-10-11-28-22(34)17-13-32(16-6-4-3-5-7-16)30-20(17)23(24,25)26/h3-9,12-13H,10-11H2,1-2H3,(H,27,33)(H,28,34). The van der Waals surface area contributed by atoms with Gasteiger partial charge in [-0.25, -0.2) is 9.67 Å². The predicted octanol–water partition coefficient (Wildman–Crippen LogP) is 3.25. The molecule has 2 aromatic carbocycles. The first kappa shape index (κ1) is 23.0. The van der Waals surface area contributed by atoms with Crippen LogP contribution >= 0.6 is 0 Å². The first-order chi connectivity index (χ1) is 16.1. The number of amides is 2. The van der Waals surface area contributed by atoms with Gasteiger partial charge in [-0.2, -0.15) is 18.3 Å². The maximum Gasteiger partial charge on any atom is 0.435 e. The summed E-state index contributed by atoms with van der Waals surface area (Å²) in [6.45, 7) is 1.82. The van der Waals surface area contributed by atoms with Gasteiger partial charge in [-0.15, -0.1) is 0 Å². The van der Waals surface area contributed by atoms with E-state index in [4.69, 9.17) is 0 Å². The molecule has 0 radical (unpaired) electrons. The van der Waals surface area contributed by atoms with E-state index in [1.165, 1.54) is 0 Å². The highest BCUT2D eigenvalue weighted by molar-refractivity contribution is 5.98. The minimum absolute atomic E-state index is 0.0258. The van der Waals surface area contributed by atoms with Gasteiger partial charge in [0.2, 0.25) is 0 Å². The molecule has 2 amide bonds. The van der Waals surface area contributed by atoms with Crippen LogP contribution in [0.25, 0.3) is 16.7 Å². The molecular weight excluding hydrogens is 449 g/mol. The molecule has 0 aliphatic heterocycles. The average Bonchev–Trinajstić information content (AvgIpc) is 3.39. The van der Waals surface area contributed by atoms with Crippen LogP contribution in [-0.2, 0) is 13.2 Å². The number of hydrogen-bond acceptors (Lipinski definition) is 4. The van der Waals surface area contributed by atoms with Gasteiger partial charge in [-0.3, -0.25) is 9.59 Å². The maximum absolute atomic E-state index is 13.4. The van der Waals surface area contributed by atoms with Crippen LogP contribution in [-0.4, -0.2) is 44.2 Å². The lowest BCUT2D eigenvalue weighted by atomic mass is 10.2. The van der Waals surface area contributed by atoms with Crippen molar-refractivity contribution in [2.24, 2.45) is 7.05 Å². The quantitative estimate of drug-likeness (QED) is 0.423.